The molecule has 0 radical (unpaired) electrons. The number of carbonyl (C=O) groups is 2. The summed E-state index contributed by atoms with van der Waals surface area (Å²) < 4.78 is 0. The number of para-hydroxylation sites is 1. The Hall–Kier alpha value is -2.27. The molecule has 2 aliphatic heterocycles. The summed E-state index contributed by atoms with van der Waals surface area (Å²) in [6.07, 6.45) is 1.92. The van der Waals surface area contributed by atoms with Crippen LogP contribution in [0.3, 0.4) is 0 Å². The van der Waals surface area contributed by atoms with Crippen molar-refractivity contribution in [3.05, 3.63) is 65.7 Å². The van der Waals surface area contributed by atoms with Crippen molar-refractivity contribution in [2.75, 3.05) is 17.2 Å². The predicted octanol–water partition coefficient (Wildman–Crippen LogP) is 3.37. The minimum absolute atomic E-state index is 0.0269. The van der Waals surface area contributed by atoms with E-state index in [9.17, 15) is 9.59 Å². The standard InChI is InChI=1S/C21H20N2O2S/c24-19(16-10-11-16)23-12-13-26-21(23)17-8-4-5-9-18(17)22(20(21)25)14-15-6-2-1-3-7-15/h1-9,16H,10-14H2. The lowest BCUT2D eigenvalue weighted by molar-refractivity contribution is -0.141. The van der Waals surface area contributed by atoms with Crippen LogP contribution in [0.1, 0.15) is 24.0 Å². The van der Waals surface area contributed by atoms with E-state index in [1.54, 1.807) is 11.8 Å². The fraction of sp³-hybridized carbons (Fsp3) is 0.333. The molecule has 5 heteroatoms. The molecule has 0 N–H and O–H groups in total. The molecule has 0 aromatic heterocycles. The molecule has 0 bridgehead atoms. The van der Waals surface area contributed by atoms with E-state index in [1.165, 1.54) is 0 Å². The molecule has 1 saturated heterocycles. The van der Waals surface area contributed by atoms with Gasteiger partial charge in [0.2, 0.25) is 5.91 Å². The van der Waals surface area contributed by atoms with Crippen LogP contribution in [0.4, 0.5) is 5.69 Å². The molecule has 1 atom stereocenters. The van der Waals surface area contributed by atoms with Gasteiger partial charge in [0.25, 0.3) is 5.91 Å². The van der Waals surface area contributed by atoms with Gasteiger partial charge in [0.1, 0.15) is 0 Å². The topological polar surface area (TPSA) is 40.6 Å². The number of thioether (sulfide) groups is 1. The summed E-state index contributed by atoms with van der Waals surface area (Å²) in [5, 5.41) is 0. The lowest BCUT2D eigenvalue weighted by Gasteiger charge is -2.33. The molecular formula is C21H20N2O2S. The summed E-state index contributed by atoms with van der Waals surface area (Å²) in [4.78, 5) is 29.4. The van der Waals surface area contributed by atoms with E-state index in [1.807, 2.05) is 64.4 Å². The fourth-order valence-corrected chi connectivity index (χ4v) is 5.53. The maximum absolute atomic E-state index is 13.7. The van der Waals surface area contributed by atoms with Crippen LogP contribution >= 0.6 is 11.8 Å². The zero-order chi connectivity index (χ0) is 17.7. The van der Waals surface area contributed by atoms with E-state index in [-0.39, 0.29) is 17.7 Å². The number of rotatable bonds is 3. The lowest BCUT2D eigenvalue weighted by atomic mass is 10.1. The number of hydrogen-bond donors (Lipinski definition) is 0. The molecular weight excluding hydrogens is 344 g/mol. The van der Waals surface area contributed by atoms with Crippen molar-refractivity contribution in [1.29, 1.82) is 0 Å². The Balaban J connectivity index is 1.58. The first kappa shape index (κ1) is 15.9. The van der Waals surface area contributed by atoms with Gasteiger partial charge < -0.3 is 9.80 Å². The number of fused-ring (bicyclic) bond motifs is 2. The van der Waals surface area contributed by atoms with Gasteiger partial charge in [0, 0.05) is 23.8 Å². The molecule has 26 heavy (non-hydrogen) atoms. The minimum atomic E-state index is -0.870. The van der Waals surface area contributed by atoms with E-state index in [0.29, 0.717) is 13.1 Å². The highest BCUT2D eigenvalue weighted by molar-refractivity contribution is 8.01. The Morgan fingerprint density at radius 2 is 1.81 bits per heavy atom. The van der Waals surface area contributed by atoms with Gasteiger partial charge in [-0.1, -0.05) is 48.5 Å². The molecule has 2 amide bonds. The van der Waals surface area contributed by atoms with Crippen LogP contribution in [0, 0.1) is 5.92 Å². The molecule has 3 aliphatic rings. The van der Waals surface area contributed by atoms with Crippen molar-refractivity contribution in [3.8, 4) is 0 Å². The lowest BCUT2D eigenvalue weighted by Crippen LogP contribution is -2.50. The van der Waals surface area contributed by atoms with Crippen LogP contribution in [0.5, 0.6) is 0 Å². The second-order valence-electron chi connectivity index (χ2n) is 7.15. The van der Waals surface area contributed by atoms with E-state index < -0.39 is 4.87 Å². The molecule has 1 saturated carbocycles. The van der Waals surface area contributed by atoms with E-state index >= 15 is 0 Å². The Morgan fingerprint density at radius 1 is 1.08 bits per heavy atom. The van der Waals surface area contributed by atoms with Crippen LogP contribution in [-0.4, -0.2) is 29.0 Å². The summed E-state index contributed by atoms with van der Waals surface area (Å²) in [6.45, 7) is 1.18. The van der Waals surface area contributed by atoms with Crippen molar-refractivity contribution in [3.63, 3.8) is 0 Å². The van der Waals surface area contributed by atoms with Crippen molar-refractivity contribution in [1.82, 2.24) is 4.90 Å². The van der Waals surface area contributed by atoms with E-state index in [4.69, 9.17) is 0 Å². The van der Waals surface area contributed by atoms with Gasteiger partial charge in [-0.05, 0) is 24.5 Å². The second-order valence-corrected chi connectivity index (χ2v) is 8.44. The number of anilines is 1. The van der Waals surface area contributed by atoms with Crippen molar-refractivity contribution in [2.45, 2.75) is 24.3 Å². The average molecular weight is 364 g/mol. The molecule has 2 aromatic carbocycles. The number of benzene rings is 2. The molecule has 4 nitrogen and oxygen atoms in total. The maximum Gasteiger partial charge on any atom is 0.268 e. The van der Waals surface area contributed by atoms with Gasteiger partial charge in [0.05, 0.1) is 12.2 Å². The molecule has 5 rings (SSSR count). The highest BCUT2D eigenvalue weighted by Crippen LogP contribution is 2.55. The molecule has 1 aliphatic carbocycles. The van der Waals surface area contributed by atoms with Crippen LogP contribution in [-0.2, 0) is 21.0 Å². The minimum Gasteiger partial charge on any atom is -0.315 e. The molecule has 2 aromatic rings. The van der Waals surface area contributed by atoms with Gasteiger partial charge >= 0.3 is 0 Å². The van der Waals surface area contributed by atoms with Gasteiger partial charge in [-0.3, -0.25) is 9.59 Å². The van der Waals surface area contributed by atoms with Crippen LogP contribution in [0.2, 0.25) is 0 Å². The van der Waals surface area contributed by atoms with E-state index in [0.717, 1.165) is 35.4 Å². The first-order valence-electron chi connectivity index (χ1n) is 9.12. The smallest absolute Gasteiger partial charge is 0.268 e. The third kappa shape index (κ3) is 2.23. The highest BCUT2D eigenvalue weighted by atomic mass is 32.2. The number of carbonyl (C=O) groups excluding carboxylic acids is 2. The zero-order valence-electron chi connectivity index (χ0n) is 14.4. The molecule has 132 valence electrons. The van der Waals surface area contributed by atoms with Crippen molar-refractivity contribution in [2.24, 2.45) is 5.92 Å². The third-order valence-corrected chi connectivity index (χ3v) is 6.90. The van der Waals surface area contributed by atoms with Gasteiger partial charge in [-0.25, -0.2) is 0 Å². The van der Waals surface area contributed by atoms with Crippen molar-refractivity contribution >= 4 is 29.3 Å². The van der Waals surface area contributed by atoms with Crippen LogP contribution in [0.15, 0.2) is 54.6 Å². The first-order valence-corrected chi connectivity index (χ1v) is 10.1. The summed E-state index contributed by atoms with van der Waals surface area (Å²) in [5.41, 5.74) is 3.00. The highest BCUT2D eigenvalue weighted by Gasteiger charge is 2.60. The Labute approximate surface area is 157 Å². The quantitative estimate of drug-likeness (QED) is 0.838. The number of hydrogen-bond acceptors (Lipinski definition) is 3. The average Bonchev–Trinajstić information content (AvgIpc) is 3.40. The molecule has 1 spiro atoms. The third-order valence-electron chi connectivity index (χ3n) is 5.48. The van der Waals surface area contributed by atoms with Gasteiger partial charge in [0.15, 0.2) is 4.87 Å². The normalized spacial score (nSPS) is 24.4. The SMILES string of the molecule is O=C(C1CC1)N1CCSC12C(=O)N(Cc1ccccc1)c1ccccc12. The predicted molar refractivity (Wildman–Crippen MR) is 103 cm³/mol. The Morgan fingerprint density at radius 3 is 2.58 bits per heavy atom. The first-order chi connectivity index (χ1) is 12.7. The van der Waals surface area contributed by atoms with Crippen LogP contribution in [0.25, 0.3) is 0 Å². The summed E-state index contributed by atoms with van der Waals surface area (Å²) in [6, 6.07) is 18.0. The van der Waals surface area contributed by atoms with Gasteiger partial charge in [-0.2, -0.15) is 0 Å². The van der Waals surface area contributed by atoms with E-state index in [2.05, 4.69) is 0 Å². The molecule has 2 heterocycles. The largest absolute Gasteiger partial charge is 0.315 e. The Bertz CT molecular complexity index is 881. The fourth-order valence-electron chi connectivity index (χ4n) is 4.06. The second kappa shape index (κ2) is 5.88. The Kier molecular flexibility index (Phi) is 3.60. The molecule has 1 unspecified atom stereocenters. The number of amides is 2. The van der Waals surface area contributed by atoms with Crippen LogP contribution < -0.4 is 4.90 Å². The summed E-state index contributed by atoms with van der Waals surface area (Å²) in [7, 11) is 0. The number of nitrogens with zero attached hydrogens (tertiary/aromatic N) is 2. The summed E-state index contributed by atoms with van der Waals surface area (Å²) in [5.74, 6) is 1.10. The maximum atomic E-state index is 13.7. The monoisotopic (exact) mass is 364 g/mol. The molecule has 2 fully saturated rings. The zero-order valence-corrected chi connectivity index (χ0v) is 15.2. The van der Waals surface area contributed by atoms with Gasteiger partial charge in [-0.15, -0.1) is 11.8 Å². The summed E-state index contributed by atoms with van der Waals surface area (Å²) >= 11 is 1.61. The van der Waals surface area contributed by atoms with Crippen molar-refractivity contribution < 1.29 is 9.59 Å².